The van der Waals surface area contributed by atoms with E-state index in [1.165, 1.54) is 12.8 Å². The van der Waals surface area contributed by atoms with Crippen molar-refractivity contribution in [2.45, 2.75) is 25.8 Å². The van der Waals surface area contributed by atoms with Crippen LogP contribution in [-0.2, 0) is 0 Å². The maximum atomic E-state index is 8.73. The van der Waals surface area contributed by atoms with Gasteiger partial charge in [0.1, 0.15) is 0 Å². The molecule has 0 aliphatic carbocycles. The Morgan fingerprint density at radius 2 is 2.15 bits per heavy atom. The van der Waals surface area contributed by atoms with Gasteiger partial charge in [0.05, 0.1) is 12.1 Å². The van der Waals surface area contributed by atoms with Gasteiger partial charge in [0, 0.05) is 6.54 Å². The van der Waals surface area contributed by atoms with E-state index >= 15 is 0 Å². The predicted molar refractivity (Wildman–Crippen MR) is 53.3 cm³/mol. The van der Waals surface area contributed by atoms with Crippen LogP contribution < -0.4 is 5.32 Å². The Hall–Kier alpha value is -0.590. The molecular weight excluding hydrogens is 162 g/mol. The third-order valence-electron chi connectivity index (χ3n) is 2.85. The van der Waals surface area contributed by atoms with Gasteiger partial charge in [-0.1, -0.05) is 0 Å². The molecule has 0 radical (unpaired) electrons. The first kappa shape index (κ1) is 10.5. The lowest BCUT2D eigenvalue weighted by molar-refractivity contribution is 0.222. The second kappa shape index (κ2) is 5.21. The number of piperidine rings is 1. The van der Waals surface area contributed by atoms with E-state index in [1.54, 1.807) is 0 Å². The molecule has 13 heavy (non-hydrogen) atoms. The molecule has 1 N–H and O–H groups in total. The van der Waals surface area contributed by atoms with E-state index in [2.05, 4.69) is 16.3 Å². The first-order valence-corrected chi connectivity index (χ1v) is 5.04. The van der Waals surface area contributed by atoms with E-state index in [4.69, 9.17) is 5.26 Å². The Morgan fingerprint density at radius 3 is 2.69 bits per heavy atom. The molecule has 0 amide bonds. The van der Waals surface area contributed by atoms with Crippen molar-refractivity contribution in [1.82, 2.24) is 10.2 Å². The minimum atomic E-state index is 0.0508. The third kappa shape index (κ3) is 3.33. The van der Waals surface area contributed by atoms with Crippen LogP contribution in [0.2, 0.25) is 0 Å². The molecule has 1 rings (SSSR count). The van der Waals surface area contributed by atoms with Gasteiger partial charge >= 0.3 is 0 Å². The third-order valence-corrected chi connectivity index (χ3v) is 2.85. The van der Waals surface area contributed by atoms with Crippen molar-refractivity contribution in [3.8, 4) is 6.07 Å². The van der Waals surface area contributed by atoms with Crippen molar-refractivity contribution in [2.75, 3.05) is 26.7 Å². The van der Waals surface area contributed by atoms with Crippen molar-refractivity contribution < 1.29 is 0 Å². The van der Waals surface area contributed by atoms with Gasteiger partial charge < -0.3 is 5.32 Å². The molecule has 0 aromatic rings. The molecule has 1 unspecified atom stereocenters. The number of rotatable bonds is 3. The quantitative estimate of drug-likeness (QED) is 0.701. The van der Waals surface area contributed by atoms with Crippen LogP contribution in [0.1, 0.15) is 19.8 Å². The van der Waals surface area contributed by atoms with Gasteiger partial charge in [-0.25, -0.2) is 0 Å². The number of hydrogen-bond donors (Lipinski definition) is 1. The van der Waals surface area contributed by atoms with E-state index in [1.807, 2.05) is 14.0 Å². The van der Waals surface area contributed by atoms with Gasteiger partial charge in [-0.3, -0.25) is 4.90 Å². The summed E-state index contributed by atoms with van der Waals surface area (Å²) in [6.07, 6.45) is 2.50. The fraction of sp³-hybridized carbons (Fsp3) is 0.900. The Labute approximate surface area is 80.7 Å². The molecule has 3 heteroatoms. The SMILES string of the molecule is CC(C#N)N(C)CC1CCNCC1. The average Bonchev–Trinajstić information content (AvgIpc) is 2.18. The molecule has 3 nitrogen and oxygen atoms in total. The summed E-state index contributed by atoms with van der Waals surface area (Å²) >= 11 is 0. The molecule has 0 aromatic heterocycles. The largest absolute Gasteiger partial charge is 0.317 e. The van der Waals surface area contributed by atoms with Crippen LogP contribution >= 0.6 is 0 Å². The topological polar surface area (TPSA) is 39.1 Å². The highest BCUT2D eigenvalue weighted by molar-refractivity contribution is 4.87. The summed E-state index contributed by atoms with van der Waals surface area (Å²) in [6.45, 7) is 5.30. The van der Waals surface area contributed by atoms with E-state index in [-0.39, 0.29) is 6.04 Å². The van der Waals surface area contributed by atoms with E-state index in [0.717, 1.165) is 25.6 Å². The van der Waals surface area contributed by atoms with E-state index in [9.17, 15) is 0 Å². The van der Waals surface area contributed by atoms with Gasteiger partial charge in [-0.15, -0.1) is 0 Å². The van der Waals surface area contributed by atoms with Crippen molar-refractivity contribution in [3.05, 3.63) is 0 Å². The van der Waals surface area contributed by atoms with Crippen LogP contribution in [-0.4, -0.2) is 37.6 Å². The van der Waals surface area contributed by atoms with Crippen molar-refractivity contribution >= 4 is 0 Å². The molecule has 0 aromatic carbocycles. The zero-order valence-electron chi connectivity index (χ0n) is 8.58. The Balaban J connectivity index is 2.26. The van der Waals surface area contributed by atoms with Gasteiger partial charge in [0.25, 0.3) is 0 Å². The second-order valence-corrected chi connectivity index (χ2v) is 3.94. The van der Waals surface area contributed by atoms with Crippen LogP contribution in [0, 0.1) is 17.2 Å². The molecule has 1 aliphatic rings. The average molecular weight is 181 g/mol. The number of hydrogen-bond acceptors (Lipinski definition) is 3. The van der Waals surface area contributed by atoms with Crippen LogP contribution in [0.25, 0.3) is 0 Å². The van der Waals surface area contributed by atoms with Crippen LogP contribution in [0.3, 0.4) is 0 Å². The van der Waals surface area contributed by atoms with E-state index in [0.29, 0.717) is 0 Å². The molecule has 74 valence electrons. The Kier molecular flexibility index (Phi) is 4.20. The maximum absolute atomic E-state index is 8.73. The van der Waals surface area contributed by atoms with Gasteiger partial charge in [0.15, 0.2) is 0 Å². The lowest BCUT2D eigenvalue weighted by Crippen LogP contribution is -2.37. The molecule has 1 atom stereocenters. The molecule has 0 saturated carbocycles. The minimum Gasteiger partial charge on any atom is -0.317 e. The van der Waals surface area contributed by atoms with Gasteiger partial charge in [-0.2, -0.15) is 5.26 Å². The first-order chi connectivity index (χ1) is 6.24. The summed E-state index contributed by atoms with van der Waals surface area (Å²) in [5, 5.41) is 12.1. The standard InChI is InChI=1S/C10H19N3/c1-9(7-11)13(2)8-10-3-5-12-6-4-10/h9-10,12H,3-6,8H2,1-2H3. The second-order valence-electron chi connectivity index (χ2n) is 3.94. The Morgan fingerprint density at radius 1 is 1.54 bits per heavy atom. The Bertz CT molecular complexity index is 179. The summed E-state index contributed by atoms with van der Waals surface area (Å²) in [5.74, 6) is 0.780. The summed E-state index contributed by atoms with van der Waals surface area (Å²) in [5.41, 5.74) is 0. The zero-order valence-corrected chi connectivity index (χ0v) is 8.58. The summed E-state index contributed by atoms with van der Waals surface area (Å²) in [4.78, 5) is 2.15. The minimum absolute atomic E-state index is 0.0508. The highest BCUT2D eigenvalue weighted by Gasteiger charge is 2.17. The highest BCUT2D eigenvalue weighted by atomic mass is 15.1. The van der Waals surface area contributed by atoms with E-state index < -0.39 is 0 Å². The lowest BCUT2D eigenvalue weighted by atomic mass is 9.97. The highest BCUT2D eigenvalue weighted by Crippen LogP contribution is 2.13. The van der Waals surface area contributed by atoms with Gasteiger partial charge in [0.2, 0.25) is 0 Å². The molecule has 1 fully saturated rings. The zero-order chi connectivity index (χ0) is 9.68. The monoisotopic (exact) mass is 181 g/mol. The number of nitrogens with one attached hydrogen (secondary N) is 1. The molecule has 1 heterocycles. The summed E-state index contributed by atoms with van der Waals surface area (Å²) < 4.78 is 0. The molecule has 1 saturated heterocycles. The molecule has 1 aliphatic heterocycles. The maximum Gasteiger partial charge on any atom is 0.0946 e. The molecular formula is C10H19N3. The fourth-order valence-corrected chi connectivity index (χ4v) is 1.73. The lowest BCUT2D eigenvalue weighted by Gasteiger charge is -2.28. The van der Waals surface area contributed by atoms with Crippen LogP contribution in [0.4, 0.5) is 0 Å². The number of nitriles is 1. The predicted octanol–water partition coefficient (Wildman–Crippen LogP) is 0.830. The number of nitrogens with zero attached hydrogens (tertiary/aromatic N) is 2. The van der Waals surface area contributed by atoms with Crippen molar-refractivity contribution in [2.24, 2.45) is 5.92 Å². The smallest absolute Gasteiger partial charge is 0.0946 e. The van der Waals surface area contributed by atoms with Gasteiger partial charge in [-0.05, 0) is 45.8 Å². The summed E-state index contributed by atoms with van der Waals surface area (Å²) in [7, 11) is 2.04. The molecule has 0 spiro atoms. The van der Waals surface area contributed by atoms with Crippen LogP contribution in [0.5, 0.6) is 0 Å². The normalized spacial score (nSPS) is 21.4. The van der Waals surface area contributed by atoms with Crippen molar-refractivity contribution in [1.29, 1.82) is 5.26 Å². The van der Waals surface area contributed by atoms with Crippen molar-refractivity contribution in [3.63, 3.8) is 0 Å². The molecule has 0 bridgehead atoms. The first-order valence-electron chi connectivity index (χ1n) is 5.04. The fourth-order valence-electron chi connectivity index (χ4n) is 1.73. The summed E-state index contributed by atoms with van der Waals surface area (Å²) in [6, 6.07) is 2.32. The van der Waals surface area contributed by atoms with Crippen LogP contribution in [0.15, 0.2) is 0 Å².